The number of aryl methyl sites for hydroxylation is 1. The van der Waals surface area contributed by atoms with Crippen molar-refractivity contribution in [2.45, 2.75) is 19.9 Å². The highest BCUT2D eigenvalue weighted by Gasteiger charge is 2.13. The second-order valence-corrected chi connectivity index (χ2v) is 6.02. The summed E-state index contributed by atoms with van der Waals surface area (Å²) < 4.78 is 4.62. The van der Waals surface area contributed by atoms with E-state index in [0.29, 0.717) is 5.69 Å². The Morgan fingerprint density at radius 1 is 1.50 bits per heavy atom. The van der Waals surface area contributed by atoms with Gasteiger partial charge in [-0.3, -0.25) is 0 Å². The number of carbonyl (C=O) groups is 1. The number of carbonyl (C=O) groups excluding carboxylic acids is 1. The molecule has 0 amide bonds. The van der Waals surface area contributed by atoms with Crippen LogP contribution in [0.25, 0.3) is 0 Å². The lowest BCUT2D eigenvalue weighted by atomic mass is 10.3. The highest BCUT2D eigenvalue weighted by atomic mass is 32.1. The van der Waals surface area contributed by atoms with Crippen molar-refractivity contribution in [3.63, 3.8) is 0 Å². The summed E-state index contributed by atoms with van der Waals surface area (Å²) in [6.07, 6.45) is 0. The van der Waals surface area contributed by atoms with Crippen LogP contribution in [0.1, 0.15) is 33.2 Å². The van der Waals surface area contributed by atoms with Crippen molar-refractivity contribution in [2.75, 3.05) is 12.4 Å². The molecule has 1 unspecified atom stereocenters. The highest BCUT2D eigenvalue weighted by molar-refractivity contribution is 7.14. The molecule has 96 valence electrons. The number of methoxy groups -OCH3 is 1. The van der Waals surface area contributed by atoms with Crippen LogP contribution in [-0.4, -0.2) is 18.1 Å². The Morgan fingerprint density at radius 3 is 2.89 bits per heavy atom. The summed E-state index contributed by atoms with van der Waals surface area (Å²) in [4.78, 5) is 18.0. The molecule has 2 heterocycles. The molecule has 0 bridgehead atoms. The van der Waals surface area contributed by atoms with Crippen LogP contribution in [0, 0.1) is 6.92 Å². The first-order valence-electron chi connectivity index (χ1n) is 5.47. The number of esters is 1. The average Bonchev–Trinajstić information content (AvgIpc) is 2.97. The molecule has 0 radical (unpaired) electrons. The van der Waals surface area contributed by atoms with E-state index < -0.39 is 5.97 Å². The molecule has 0 aliphatic rings. The summed E-state index contributed by atoms with van der Waals surface area (Å²) in [7, 11) is 1.35. The zero-order valence-corrected chi connectivity index (χ0v) is 12.0. The number of anilines is 1. The first-order valence-corrected chi connectivity index (χ1v) is 7.16. The van der Waals surface area contributed by atoms with Crippen molar-refractivity contribution in [1.82, 2.24) is 4.98 Å². The topological polar surface area (TPSA) is 51.2 Å². The van der Waals surface area contributed by atoms with E-state index in [1.54, 1.807) is 16.7 Å². The highest BCUT2D eigenvalue weighted by Crippen LogP contribution is 2.27. The first-order chi connectivity index (χ1) is 8.60. The van der Waals surface area contributed by atoms with Crippen molar-refractivity contribution in [3.8, 4) is 0 Å². The molecular formula is C12H14N2O2S2. The van der Waals surface area contributed by atoms with Crippen LogP contribution < -0.4 is 5.32 Å². The van der Waals surface area contributed by atoms with Crippen LogP contribution in [0.15, 0.2) is 17.5 Å². The number of thiazole rings is 1. The van der Waals surface area contributed by atoms with Crippen LogP contribution in [0.5, 0.6) is 0 Å². The van der Waals surface area contributed by atoms with Gasteiger partial charge in [-0.05, 0) is 26.0 Å². The first kappa shape index (κ1) is 13.0. The fraction of sp³-hybridized carbons (Fsp3) is 0.333. The Kier molecular flexibility index (Phi) is 3.98. The quantitative estimate of drug-likeness (QED) is 0.872. The zero-order valence-electron chi connectivity index (χ0n) is 10.4. The summed E-state index contributed by atoms with van der Waals surface area (Å²) in [6, 6.07) is 4.38. The molecule has 0 aliphatic carbocycles. The lowest BCUT2D eigenvalue weighted by Crippen LogP contribution is -2.06. The zero-order chi connectivity index (χ0) is 13.1. The van der Waals surface area contributed by atoms with E-state index in [1.165, 1.54) is 28.2 Å². The lowest BCUT2D eigenvalue weighted by molar-refractivity contribution is 0.0595. The molecule has 2 rings (SSSR count). The van der Waals surface area contributed by atoms with Gasteiger partial charge < -0.3 is 10.1 Å². The van der Waals surface area contributed by atoms with Gasteiger partial charge in [-0.15, -0.1) is 22.7 Å². The standard InChI is InChI=1S/C12H14N2O2S2/c1-7-4-5-10(18-7)8(2)13-12-14-9(6-17-12)11(15)16-3/h4-6,8H,1-3H3,(H,13,14). The summed E-state index contributed by atoms with van der Waals surface area (Å²) >= 11 is 3.16. The van der Waals surface area contributed by atoms with Gasteiger partial charge in [0.05, 0.1) is 13.2 Å². The Hall–Kier alpha value is -1.40. The maximum atomic E-state index is 11.3. The van der Waals surface area contributed by atoms with E-state index in [4.69, 9.17) is 0 Å². The Bertz CT molecular complexity index is 548. The van der Waals surface area contributed by atoms with Crippen LogP contribution in [-0.2, 0) is 4.74 Å². The van der Waals surface area contributed by atoms with Gasteiger partial charge in [0.2, 0.25) is 0 Å². The molecule has 1 N–H and O–H groups in total. The molecule has 18 heavy (non-hydrogen) atoms. The van der Waals surface area contributed by atoms with Gasteiger partial charge in [0.15, 0.2) is 10.8 Å². The molecule has 1 atom stereocenters. The van der Waals surface area contributed by atoms with Crippen molar-refractivity contribution in [3.05, 3.63) is 33.0 Å². The fourth-order valence-corrected chi connectivity index (χ4v) is 3.13. The smallest absolute Gasteiger partial charge is 0.357 e. The number of nitrogens with zero attached hydrogens (tertiary/aromatic N) is 1. The molecule has 0 saturated carbocycles. The van der Waals surface area contributed by atoms with Gasteiger partial charge in [-0.2, -0.15) is 0 Å². The molecule has 2 aromatic rings. The maximum absolute atomic E-state index is 11.3. The van der Waals surface area contributed by atoms with E-state index in [9.17, 15) is 4.79 Å². The Labute approximate surface area is 114 Å². The summed E-state index contributed by atoms with van der Waals surface area (Å²) in [6.45, 7) is 4.16. The molecule has 2 aromatic heterocycles. The van der Waals surface area contributed by atoms with Crippen LogP contribution in [0.3, 0.4) is 0 Å². The predicted molar refractivity (Wildman–Crippen MR) is 74.5 cm³/mol. The Balaban J connectivity index is 2.05. The van der Waals surface area contributed by atoms with Gasteiger partial charge in [0.1, 0.15) is 0 Å². The van der Waals surface area contributed by atoms with Crippen molar-refractivity contribution < 1.29 is 9.53 Å². The van der Waals surface area contributed by atoms with Crippen molar-refractivity contribution in [1.29, 1.82) is 0 Å². The number of thiophene rings is 1. The van der Waals surface area contributed by atoms with Gasteiger partial charge in [0, 0.05) is 15.1 Å². The molecule has 6 heteroatoms. The summed E-state index contributed by atoms with van der Waals surface area (Å²) in [5.41, 5.74) is 0.347. The number of ether oxygens (including phenoxy) is 1. The van der Waals surface area contributed by atoms with E-state index in [2.05, 4.69) is 41.0 Å². The second-order valence-electron chi connectivity index (χ2n) is 3.84. The molecular weight excluding hydrogens is 268 g/mol. The number of hydrogen-bond acceptors (Lipinski definition) is 6. The van der Waals surface area contributed by atoms with E-state index in [0.717, 1.165) is 5.13 Å². The Morgan fingerprint density at radius 2 is 2.28 bits per heavy atom. The van der Waals surface area contributed by atoms with Gasteiger partial charge in [-0.1, -0.05) is 0 Å². The average molecular weight is 282 g/mol. The van der Waals surface area contributed by atoms with Crippen LogP contribution >= 0.6 is 22.7 Å². The molecule has 0 aromatic carbocycles. The molecule has 0 fully saturated rings. The SMILES string of the molecule is COC(=O)c1csc(NC(C)c2ccc(C)s2)n1. The second kappa shape index (κ2) is 5.49. The number of aromatic nitrogens is 1. The lowest BCUT2D eigenvalue weighted by Gasteiger charge is -2.10. The molecule has 0 spiro atoms. The number of nitrogens with one attached hydrogen (secondary N) is 1. The monoisotopic (exact) mass is 282 g/mol. The molecule has 4 nitrogen and oxygen atoms in total. The molecule has 0 saturated heterocycles. The van der Waals surface area contributed by atoms with Gasteiger partial charge in [0.25, 0.3) is 0 Å². The third-order valence-corrected chi connectivity index (χ3v) is 4.38. The van der Waals surface area contributed by atoms with E-state index in [-0.39, 0.29) is 6.04 Å². The number of rotatable bonds is 4. The van der Waals surface area contributed by atoms with Crippen molar-refractivity contribution in [2.24, 2.45) is 0 Å². The summed E-state index contributed by atoms with van der Waals surface area (Å²) in [5, 5.41) is 5.71. The van der Waals surface area contributed by atoms with Gasteiger partial charge in [-0.25, -0.2) is 9.78 Å². The fourth-order valence-electron chi connectivity index (χ4n) is 1.48. The minimum absolute atomic E-state index is 0.181. The minimum Gasteiger partial charge on any atom is -0.464 e. The van der Waals surface area contributed by atoms with Gasteiger partial charge >= 0.3 is 5.97 Å². The van der Waals surface area contributed by atoms with E-state index >= 15 is 0 Å². The van der Waals surface area contributed by atoms with Crippen LogP contribution in [0.2, 0.25) is 0 Å². The predicted octanol–water partition coefficient (Wildman–Crippen LogP) is 3.47. The number of hydrogen-bond donors (Lipinski definition) is 1. The largest absolute Gasteiger partial charge is 0.464 e. The van der Waals surface area contributed by atoms with E-state index in [1.807, 2.05) is 0 Å². The minimum atomic E-state index is -0.404. The molecule has 0 aliphatic heterocycles. The summed E-state index contributed by atoms with van der Waals surface area (Å²) in [5.74, 6) is -0.404. The van der Waals surface area contributed by atoms with Crippen molar-refractivity contribution >= 4 is 33.8 Å². The van der Waals surface area contributed by atoms with Crippen LogP contribution in [0.4, 0.5) is 5.13 Å². The third-order valence-electron chi connectivity index (χ3n) is 2.43. The maximum Gasteiger partial charge on any atom is 0.357 e. The third kappa shape index (κ3) is 2.88. The normalized spacial score (nSPS) is 12.2.